The lowest BCUT2D eigenvalue weighted by Crippen LogP contribution is -2.13. The van der Waals surface area contributed by atoms with Crippen LogP contribution in [0.25, 0.3) is 11.3 Å². The van der Waals surface area contributed by atoms with Gasteiger partial charge in [-0.15, -0.1) is 11.3 Å². The Morgan fingerprint density at radius 2 is 1.80 bits per heavy atom. The van der Waals surface area contributed by atoms with Crippen molar-refractivity contribution in [3.63, 3.8) is 0 Å². The molecular formula is C21H20N4O3S2. The molecule has 2 heterocycles. The summed E-state index contributed by atoms with van der Waals surface area (Å²) in [5.41, 5.74) is 3.99. The molecule has 0 aliphatic rings. The molecule has 0 fully saturated rings. The van der Waals surface area contributed by atoms with E-state index in [0.717, 1.165) is 28.5 Å². The van der Waals surface area contributed by atoms with Gasteiger partial charge in [0.05, 0.1) is 10.6 Å². The second-order valence-corrected chi connectivity index (χ2v) is 9.21. The fourth-order valence-electron chi connectivity index (χ4n) is 2.83. The van der Waals surface area contributed by atoms with Gasteiger partial charge in [0, 0.05) is 22.7 Å². The molecule has 0 atom stereocenters. The third-order valence-corrected chi connectivity index (χ3v) is 6.57. The van der Waals surface area contributed by atoms with Crippen molar-refractivity contribution < 1.29 is 12.9 Å². The van der Waals surface area contributed by atoms with Crippen molar-refractivity contribution in [2.24, 2.45) is 0 Å². The Balaban J connectivity index is 1.45. The molecule has 2 N–H and O–H groups in total. The Labute approximate surface area is 178 Å². The maximum absolute atomic E-state index is 12.5. The van der Waals surface area contributed by atoms with Gasteiger partial charge in [-0.1, -0.05) is 36.3 Å². The smallest absolute Gasteiger partial charge is 0.263 e. The number of nitrogens with one attached hydrogen (secondary N) is 2. The highest BCUT2D eigenvalue weighted by atomic mass is 32.2. The molecule has 30 heavy (non-hydrogen) atoms. The molecule has 0 unspecified atom stereocenters. The minimum atomic E-state index is -3.74. The van der Waals surface area contributed by atoms with Crippen LogP contribution in [-0.4, -0.2) is 18.6 Å². The topological polar surface area (TPSA) is 97.1 Å². The van der Waals surface area contributed by atoms with Crippen LogP contribution in [0.4, 0.5) is 16.6 Å². The molecule has 4 aromatic rings. The number of aryl methyl sites for hydroxylation is 2. The molecule has 4 rings (SSSR count). The van der Waals surface area contributed by atoms with Gasteiger partial charge in [-0.2, -0.15) is 0 Å². The van der Waals surface area contributed by atoms with E-state index in [0.29, 0.717) is 5.76 Å². The predicted molar refractivity (Wildman–Crippen MR) is 119 cm³/mol. The second kappa shape index (κ2) is 8.29. The van der Waals surface area contributed by atoms with E-state index in [4.69, 9.17) is 4.52 Å². The van der Waals surface area contributed by atoms with Crippen LogP contribution in [0.3, 0.4) is 0 Å². The summed E-state index contributed by atoms with van der Waals surface area (Å²) >= 11 is 1.49. The van der Waals surface area contributed by atoms with Crippen molar-refractivity contribution in [1.29, 1.82) is 0 Å². The Bertz CT molecular complexity index is 1240. The summed E-state index contributed by atoms with van der Waals surface area (Å²) in [5, 5.41) is 9.59. The molecular weight excluding hydrogens is 420 g/mol. The fraction of sp³-hybridized carbons (Fsp3) is 0.143. The third kappa shape index (κ3) is 4.52. The lowest BCUT2D eigenvalue weighted by Gasteiger charge is -2.07. The number of hydrogen-bond acceptors (Lipinski definition) is 7. The molecule has 0 aliphatic heterocycles. The number of rotatable bonds is 7. The van der Waals surface area contributed by atoms with Crippen molar-refractivity contribution in [1.82, 2.24) is 10.1 Å². The van der Waals surface area contributed by atoms with Crippen LogP contribution >= 0.6 is 11.3 Å². The third-order valence-electron chi connectivity index (χ3n) is 4.44. The van der Waals surface area contributed by atoms with Gasteiger partial charge in [0.15, 0.2) is 10.9 Å². The van der Waals surface area contributed by atoms with Crippen LogP contribution in [0.5, 0.6) is 0 Å². The molecule has 9 heteroatoms. The lowest BCUT2D eigenvalue weighted by atomic mass is 10.1. The normalized spacial score (nSPS) is 11.4. The number of benzene rings is 2. The first-order valence-electron chi connectivity index (χ1n) is 9.31. The predicted octanol–water partition coefficient (Wildman–Crippen LogP) is 5.21. The number of nitrogens with zero attached hydrogens (tertiary/aromatic N) is 2. The Morgan fingerprint density at radius 3 is 2.43 bits per heavy atom. The van der Waals surface area contributed by atoms with Crippen LogP contribution in [0.15, 0.2) is 69.4 Å². The lowest BCUT2D eigenvalue weighted by molar-refractivity contribution is 0.400. The molecule has 0 aliphatic carbocycles. The Hall–Kier alpha value is -3.17. The maximum Gasteiger partial charge on any atom is 0.263 e. The van der Waals surface area contributed by atoms with Crippen LogP contribution in [-0.2, 0) is 16.4 Å². The largest absolute Gasteiger partial charge is 0.360 e. The highest BCUT2D eigenvalue weighted by molar-refractivity contribution is 7.92. The van der Waals surface area contributed by atoms with Gasteiger partial charge in [-0.05, 0) is 43.2 Å². The van der Waals surface area contributed by atoms with E-state index in [1.165, 1.54) is 35.1 Å². The van der Waals surface area contributed by atoms with Gasteiger partial charge in [0.2, 0.25) is 0 Å². The van der Waals surface area contributed by atoms with E-state index >= 15 is 0 Å². The molecule has 0 amide bonds. The van der Waals surface area contributed by atoms with Crippen molar-refractivity contribution in [3.8, 4) is 11.3 Å². The van der Waals surface area contributed by atoms with E-state index in [-0.39, 0.29) is 10.7 Å². The minimum absolute atomic E-state index is 0.129. The van der Waals surface area contributed by atoms with Gasteiger partial charge in [0.25, 0.3) is 10.0 Å². The zero-order chi connectivity index (χ0) is 21.1. The van der Waals surface area contributed by atoms with Crippen LogP contribution in [0, 0.1) is 6.92 Å². The van der Waals surface area contributed by atoms with E-state index in [1.54, 1.807) is 19.1 Å². The first-order chi connectivity index (χ1) is 14.4. The second-order valence-electron chi connectivity index (χ2n) is 6.67. The molecule has 2 aromatic heterocycles. The maximum atomic E-state index is 12.5. The van der Waals surface area contributed by atoms with E-state index in [1.807, 2.05) is 5.38 Å². The van der Waals surface area contributed by atoms with Crippen molar-refractivity contribution >= 4 is 38.0 Å². The van der Waals surface area contributed by atoms with E-state index in [9.17, 15) is 8.42 Å². The van der Waals surface area contributed by atoms with Crippen molar-refractivity contribution in [2.45, 2.75) is 25.2 Å². The average Bonchev–Trinajstić information content (AvgIpc) is 3.37. The zero-order valence-corrected chi connectivity index (χ0v) is 18.0. The molecule has 0 saturated carbocycles. The Morgan fingerprint density at radius 1 is 1.07 bits per heavy atom. The van der Waals surface area contributed by atoms with Gasteiger partial charge < -0.3 is 9.84 Å². The summed E-state index contributed by atoms with van der Waals surface area (Å²) < 4.78 is 32.2. The van der Waals surface area contributed by atoms with Gasteiger partial charge >= 0.3 is 0 Å². The first kappa shape index (κ1) is 20.1. The summed E-state index contributed by atoms with van der Waals surface area (Å²) in [6.45, 7) is 3.82. The number of anilines is 3. The van der Waals surface area contributed by atoms with Gasteiger partial charge in [0.1, 0.15) is 5.76 Å². The summed E-state index contributed by atoms with van der Waals surface area (Å²) in [4.78, 5) is 4.75. The quantitative estimate of drug-likeness (QED) is 0.409. The van der Waals surface area contributed by atoms with Crippen molar-refractivity contribution in [2.75, 3.05) is 10.0 Å². The number of hydrogen-bond donors (Lipinski definition) is 2. The van der Waals surface area contributed by atoms with Crippen molar-refractivity contribution in [3.05, 3.63) is 71.3 Å². The van der Waals surface area contributed by atoms with Crippen LogP contribution in [0.1, 0.15) is 18.2 Å². The minimum Gasteiger partial charge on any atom is -0.360 e. The molecule has 0 radical (unpaired) electrons. The SMILES string of the molecule is CCc1ccc(-c2csc(Nc3ccc(S(=O)(=O)Nc4cc(C)on4)cc3)n2)cc1. The molecule has 0 saturated heterocycles. The zero-order valence-electron chi connectivity index (χ0n) is 16.4. The Kier molecular flexibility index (Phi) is 5.56. The van der Waals surface area contributed by atoms with E-state index < -0.39 is 10.0 Å². The number of aromatic nitrogens is 2. The van der Waals surface area contributed by atoms with Gasteiger partial charge in [-0.3, -0.25) is 4.72 Å². The number of thiazole rings is 1. The number of sulfonamides is 1. The van der Waals surface area contributed by atoms with Crippen LogP contribution in [0.2, 0.25) is 0 Å². The molecule has 154 valence electrons. The highest BCUT2D eigenvalue weighted by Gasteiger charge is 2.16. The molecule has 7 nitrogen and oxygen atoms in total. The summed E-state index contributed by atoms with van der Waals surface area (Å²) in [6, 6.07) is 16.3. The molecule has 2 aromatic carbocycles. The van der Waals surface area contributed by atoms with Gasteiger partial charge in [-0.25, -0.2) is 13.4 Å². The molecule has 0 spiro atoms. The summed E-state index contributed by atoms with van der Waals surface area (Å²) in [6.07, 6.45) is 1.00. The highest BCUT2D eigenvalue weighted by Crippen LogP contribution is 2.28. The van der Waals surface area contributed by atoms with E-state index in [2.05, 4.69) is 51.4 Å². The van der Waals surface area contributed by atoms with Crippen LogP contribution < -0.4 is 10.0 Å². The molecule has 0 bridgehead atoms. The summed E-state index contributed by atoms with van der Waals surface area (Å²) in [5.74, 6) is 0.674. The standard InChI is InChI=1S/C21H20N4O3S2/c1-3-15-4-6-16(7-5-15)19-13-29-21(23-19)22-17-8-10-18(11-9-17)30(26,27)25-20-12-14(2)28-24-20/h4-13H,3H2,1-2H3,(H,22,23)(H,24,25). The first-order valence-corrected chi connectivity index (χ1v) is 11.7. The fourth-order valence-corrected chi connectivity index (χ4v) is 4.55. The average molecular weight is 441 g/mol. The monoisotopic (exact) mass is 440 g/mol. The summed E-state index contributed by atoms with van der Waals surface area (Å²) in [7, 11) is -3.74.